The van der Waals surface area contributed by atoms with Crippen molar-refractivity contribution in [1.29, 1.82) is 0 Å². The van der Waals surface area contributed by atoms with Crippen LogP contribution < -0.4 is 5.32 Å². The van der Waals surface area contributed by atoms with Crippen LogP contribution in [-0.2, 0) is 13.6 Å². The van der Waals surface area contributed by atoms with Crippen molar-refractivity contribution in [2.24, 2.45) is 7.05 Å². The van der Waals surface area contributed by atoms with E-state index in [0.717, 1.165) is 19.5 Å². The summed E-state index contributed by atoms with van der Waals surface area (Å²) < 4.78 is 3.95. The molecule has 98 valence electrons. The summed E-state index contributed by atoms with van der Waals surface area (Å²) in [5, 5.41) is 12.2. The van der Waals surface area contributed by atoms with E-state index in [9.17, 15) is 0 Å². The van der Waals surface area contributed by atoms with Crippen molar-refractivity contribution in [2.45, 2.75) is 32.9 Å². The van der Waals surface area contributed by atoms with Crippen LogP contribution in [0, 0.1) is 0 Å². The van der Waals surface area contributed by atoms with Gasteiger partial charge in [-0.3, -0.25) is 9.36 Å². The molecule has 0 saturated heterocycles. The fourth-order valence-electron chi connectivity index (χ4n) is 2.17. The van der Waals surface area contributed by atoms with Gasteiger partial charge in [-0.15, -0.1) is 0 Å². The number of nitrogens with zero attached hydrogens (tertiary/aromatic N) is 4. The fraction of sp³-hybridized carbons (Fsp3) is 0.538. The van der Waals surface area contributed by atoms with Gasteiger partial charge in [-0.05, 0) is 32.0 Å². The van der Waals surface area contributed by atoms with E-state index in [-0.39, 0.29) is 6.04 Å². The van der Waals surface area contributed by atoms with Crippen molar-refractivity contribution >= 4 is 0 Å². The van der Waals surface area contributed by atoms with Crippen LogP contribution in [0.25, 0.3) is 0 Å². The number of rotatable bonds is 6. The second-order valence-corrected chi connectivity index (χ2v) is 4.34. The van der Waals surface area contributed by atoms with E-state index in [1.165, 1.54) is 11.4 Å². The Morgan fingerprint density at radius 3 is 2.50 bits per heavy atom. The minimum Gasteiger partial charge on any atom is -0.304 e. The van der Waals surface area contributed by atoms with E-state index in [0.29, 0.717) is 0 Å². The van der Waals surface area contributed by atoms with Gasteiger partial charge in [-0.2, -0.15) is 10.2 Å². The number of hydrogen-bond donors (Lipinski definition) is 1. The molecule has 0 saturated carbocycles. The predicted octanol–water partition coefficient (Wildman–Crippen LogP) is 1.73. The number of nitrogens with one attached hydrogen (secondary N) is 1. The average molecular weight is 247 g/mol. The molecule has 2 aromatic rings. The van der Waals surface area contributed by atoms with Crippen molar-refractivity contribution in [1.82, 2.24) is 24.9 Å². The van der Waals surface area contributed by atoms with Gasteiger partial charge >= 0.3 is 0 Å². The Kier molecular flexibility index (Phi) is 4.15. The van der Waals surface area contributed by atoms with Gasteiger partial charge in [-0.1, -0.05) is 6.92 Å². The highest BCUT2D eigenvalue weighted by atomic mass is 15.3. The highest BCUT2D eigenvalue weighted by Gasteiger charge is 2.19. The van der Waals surface area contributed by atoms with Crippen LogP contribution in [0.4, 0.5) is 0 Å². The second kappa shape index (κ2) is 5.82. The molecule has 0 fully saturated rings. The summed E-state index contributed by atoms with van der Waals surface area (Å²) in [6.45, 7) is 6.14. The lowest BCUT2D eigenvalue weighted by Gasteiger charge is -2.19. The lowest BCUT2D eigenvalue weighted by atomic mass is 10.1. The van der Waals surface area contributed by atoms with Crippen molar-refractivity contribution in [3.8, 4) is 0 Å². The largest absolute Gasteiger partial charge is 0.304 e. The molecule has 2 rings (SSSR count). The van der Waals surface area contributed by atoms with Gasteiger partial charge in [0.25, 0.3) is 0 Å². The molecule has 2 aromatic heterocycles. The number of aromatic nitrogens is 4. The van der Waals surface area contributed by atoms with Crippen LogP contribution in [0.2, 0.25) is 0 Å². The summed E-state index contributed by atoms with van der Waals surface area (Å²) in [6.07, 6.45) is 4.80. The first-order chi connectivity index (χ1) is 8.77. The molecular formula is C13H21N5. The summed E-state index contributed by atoms with van der Waals surface area (Å²) in [5.74, 6) is 0. The number of aryl methyl sites for hydroxylation is 2. The summed E-state index contributed by atoms with van der Waals surface area (Å²) in [4.78, 5) is 0. The number of hydrogen-bond acceptors (Lipinski definition) is 3. The molecule has 1 unspecified atom stereocenters. The molecule has 1 N–H and O–H groups in total. The van der Waals surface area contributed by atoms with Crippen molar-refractivity contribution in [2.75, 3.05) is 6.54 Å². The van der Waals surface area contributed by atoms with E-state index in [2.05, 4.69) is 41.5 Å². The van der Waals surface area contributed by atoms with Gasteiger partial charge in [-0.25, -0.2) is 0 Å². The lowest BCUT2D eigenvalue weighted by molar-refractivity contribution is 0.503. The van der Waals surface area contributed by atoms with Crippen LogP contribution >= 0.6 is 0 Å². The molecule has 0 aromatic carbocycles. The van der Waals surface area contributed by atoms with Crippen molar-refractivity contribution in [3.63, 3.8) is 0 Å². The summed E-state index contributed by atoms with van der Waals surface area (Å²) in [5.41, 5.74) is 2.35. The Labute approximate surface area is 108 Å². The van der Waals surface area contributed by atoms with Gasteiger partial charge in [0, 0.05) is 26.0 Å². The molecule has 5 heteroatoms. The maximum absolute atomic E-state index is 4.35. The van der Waals surface area contributed by atoms with E-state index >= 15 is 0 Å². The van der Waals surface area contributed by atoms with E-state index in [1.54, 1.807) is 0 Å². The predicted molar refractivity (Wildman–Crippen MR) is 71.2 cm³/mol. The fourth-order valence-corrected chi connectivity index (χ4v) is 2.17. The van der Waals surface area contributed by atoms with Crippen molar-refractivity contribution < 1.29 is 0 Å². The Hall–Kier alpha value is -1.62. The van der Waals surface area contributed by atoms with E-state index in [4.69, 9.17) is 0 Å². The minimum atomic E-state index is 0.153. The molecule has 0 aliphatic heterocycles. The monoisotopic (exact) mass is 247 g/mol. The summed E-state index contributed by atoms with van der Waals surface area (Å²) in [6, 6.07) is 4.28. The van der Waals surface area contributed by atoms with Crippen LogP contribution in [0.15, 0.2) is 24.5 Å². The molecular weight excluding hydrogens is 226 g/mol. The standard InChI is InChI=1S/C13H21N5/c1-4-8-14-13(11-6-9-15-17(11)3)12-7-10-16-18(12)5-2/h6-7,9-10,13-14H,4-5,8H2,1-3H3. The van der Waals surface area contributed by atoms with Crippen LogP contribution in [0.5, 0.6) is 0 Å². The molecule has 0 spiro atoms. The van der Waals surface area contributed by atoms with Crippen LogP contribution in [-0.4, -0.2) is 26.1 Å². The third-order valence-electron chi connectivity index (χ3n) is 3.10. The first kappa shape index (κ1) is 12.8. The van der Waals surface area contributed by atoms with Crippen LogP contribution in [0.3, 0.4) is 0 Å². The molecule has 0 amide bonds. The SMILES string of the molecule is CCCNC(c1ccnn1C)c1ccnn1CC. The Bertz CT molecular complexity index is 485. The zero-order chi connectivity index (χ0) is 13.0. The Balaban J connectivity index is 2.34. The van der Waals surface area contributed by atoms with Gasteiger partial charge in [0.1, 0.15) is 0 Å². The topological polar surface area (TPSA) is 47.7 Å². The Morgan fingerprint density at radius 2 is 1.89 bits per heavy atom. The second-order valence-electron chi connectivity index (χ2n) is 4.34. The van der Waals surface area contributed by atoms with Crippen molar-refractivity contribution in [3.05, 3.63) is 35.9 Å². The van der Waals surface area contributed by atoms with Gasteiger partial charge in [0.2, 0.25) is 0 Å². The third-order valence-corrected chi connectivity index (χ3v) is 3.10. The molecule has 1 atom stereocenters. The normalized spacial score (nSPS) is 12.8. The molecule has 0 radical (unpaired) electrons. The zero-order valence-electron chi connectivity index (χ0n) is 11.3. The first-order valence-corrected chi connectivity index (χ1v) is 6.50. The summed E-state index contributed by atoms with van der Waals surface area (Å²) >= 11 is 0. The quantitative estimate of drug-likeness (QED) is 0.845. The summed E-state index contributed by atoms with van der Waals surface area (Å²) in [7, 11) is 1.97. The maximum Gasteiger partial charge on any atom is 0.0918 e. The van der Waals surface area contributed by atoms with Crippen LogP contribution in [0.1, 0.15) is 37.7 Å². The zero-order valence-corrected chi connectivity index (χ0v) is 11.3. The smallest absolute Gasteiger partial charge is 0.0918 e. The minimum absolute atomic E-state index is 0.153. The highest BCUT2D eigenvalue weighted by Crippen LogP contribution is 2.21. The Morgan fingerprint density at radius 1 is 1.17 bits per heavy atom. The molecule has 5 nitrogen and oxygen atoms in total. The first-order valence-electron chi connectivity index (χ1n) is 6.50. The average Bonchev–Trinajstić information content (AvgIpc) is 2.99. The highest BCUT2D eigenvalue weighted by molar-refractivity contribution is 5.21. The molecule has 18 heavy (non-hydrogen) atoms. The van der Waals surface area contributed by atoms with E-state index < -0.39 is 0 Å². The van der Waals surface area contributed by atoms with Gasteiger partial charge in [0.15, 0.2) is 0 Å². The maximum atomic E-state index is 4.35. The molecule has 0 aliphatic rings. The molecule has 0 aliphatic carbocycles. The molecule has 0 bridgehead atoms. The lowest BCUT2D eigenvalue weighted by Crippen LogP contribution is -2.27. The van der Waals surface area contributed by atoms with Gasteiger partial charge < -0.3 is 5.32 Å². The van der Waals surface area contributed by atoms with E-state index in [1.807, 2.05) is 28.8 Å². The third kappa shape index (κ3) is 2.46. The molecule has 2 heterocycles. The van der Waals surface area contributed by atoms with Gasteiger partial charge in [0.05, 0.1) is 17.4 Å².